The summed E-state index contributed by atoms with van der Waals surface area (Å²) in [5.41, 5.74) is -0.868. The number of hydrogen-bond donors (Lipinski definition) is 14. The van der Waals surface area contributed by atoms with Crippen LogP contribution in [0.15, 0.2) is 11.6 Å². The lowest BCUT2D eigenvalue weighted by Gasteiger charge is -2.72. The minimum absolute atomic E-state index is 0.147. The molecule has 9 aliphatic rings. The summed E-state index contributed by atoms with van der Waals surface area (Å²) in [4.78, 5) is 12.6. The Morgan fingerprint density at radius 2 is 1.12 bits per heavy atom. The lowest BCUT2D eigenvalue weighted by molar-refractivity contribution is -0.396. The van der Waals surface area contributed by atoms with Gasteiger partial charge < -0.3 is 109 Å². The van der Waals surface area contributed by atoms with E-state index in [1.165, 1.54) is 12.5 Å². The SMILES string of the molecule is C[C@@H]1O[C@@H](O[C@H]2[C@H](O[C@H]3[C@H](O[C@H]4CC[C@@]5(C)C(CC[C@]6(C)[C@@H]5CC=C5[C@@H]7CC(C)(C)[C@H](O[C@@H]8O[C@H](CO)[C@@H](O)[C@H](O)[C@H]8O)C[C@]7(C)CC[C@]56C)[C@@]4(C)CO)O[C@H](C(=O)O)[C@@H](O)[C@@H]3O)O[C@H](CO)[C@H](O)[C@@H]2O)[C@H](O)[C@H](O)[C@H]1O. The van der Waals surface area contributed by atoms with Crippen molar-refractivity contribution in [2.45, 2.75) is 248 Å². The van der Waals surface area contributed by atoms with Crippen molar-refractivity contribution in [2.75, 3.05) is 19.8 Å². The maximum absolute atomic E-state index is 12.6. The molecule has 4 aliphatic heterocycles. The largest absolute Gasteiger partial charge is 0.479 e. The Morgan fingerprint density at radius 3 is 1.73 bits per heavy atom. The van der Waals surface area contributed by atoms with Gasteiger partial charge in [0.25, 0.3) is 0 Å². The Labute approximate surface area is 449 Å². The molecule has 5 aliphatic carbocycles. The van der Waals surface area contributed by atoms with Crippen molar-refractivity contribution in [3.05, 3.63) is 11.6 Å². The van der Waals surface area contributed by atoms with Gasteiger partial charge in [0.2, 0.25) is 0 Å². The van der Waals surface area contributed by atoms with Crippen LogP contribution in [0.25, 0.3) is 0 Å². The number of carbonyl (C=O) groups is 1. The summed E-state index contributed by atoms with van der Waals surface area (Å²) in [6, 6.07) is 0. The first kappa shape index (κ1) is 60.0. The van der Waals surface area contributed by atoms with Crippen molar-refractivity contribution in [3.8, 4) is 0 Å². The van der Waals surface area contributed by atoms with E-state index in [2.05, 4.69) is 47.6 Å². The number of allylic oxidation sites excluding steroid dienone is 2. The van der Waals surface area contributed by atoms with Crippen LogP contribution in [-0.2, 0) is 42.7 Å². The highest BCUT2D eigenvalue weighted by molar-refractivity contribution is 5.73. The van der Waals surface area contributed by atoms with Gasteiger partial charge in [-0.1, -0.05) is 60.1 Å². The number of aliphatic hydroxyl groups is 13. The van der Waals surface area contributed by atoms with Crippen molar-refractivity contribution >= 4 is 5.97 Å². The maximum atomic E-state index is 12.6. The van der Waals surface area contributed by atoms with Gasteiger partial charge in [-0.15, -0.1) is 0 Å². The highest BCUT2D eigenvalue weighted by Gasteiger charge is 2.70. The van der Waals surface area contributed by atoms with Crippen LogP contribution in [0.3, 0.4) is 0 Å². The Kier molecular flexibility index (Phi) is 16.8. The number of carboxylic acid groups (broad SMARTS) is 1. The van der Waals surface area contributed by atoms with Crippen molar-refractivity contribution < 1.29 is 114 Å². The number of fused-ring (bicyclic) bond motifs is 7. The molecule has 4 saturated heterocycles. The van der Waals surface area contributed by atoms with E-state index in [9.17, 15) is 76.3 Å². The molecule has 23 heteroatoms. The molecule has 23 nitrogen and oxygen atoms in total. The molecule has 77 heavy (non-hydrogen) atoms. The molecule has 30 atom stereocenters. The van der Waals surface area contributed by atoms with E-state index in [1.54, 1.807) is 0 Å². The zero-order valence-corrected chi connectivity index (χ0v) is 45.4. The van der Waals surface area contributed by atoms with Crippen LogP contribution < -0.4 is 0 Å². The summed E-state index contributed by atoms with van der Waals surface area (Å²) >= 11 is 0. The van der Waals surface area contributed by atoms with Crippen LogP contribution in [0.5, 0.6) is 0 Å². The first-order valence-electron chi connectivity index (χ1n) is 27.8. The zero-order chi connectivity index (χ0) is 56.4. The molecular formula is C54H88O23. The Morgan fingerprint density at radius 1 is 0.571 bits per heavy atom. The minimum Gasteiger partial charge on any atom is -0.479 e. The van der Waals surface area contributed by atoms with Gasteiger partial charge >= 0.3 is 5.97 Å². The lowest BCUT2D eigenvalue weighted by Crippen LogP contribution is -2.68. The second-order valence-electron chi connectivity index (χ2n) is 26.4. The summed E-state index contributed by atoms with van der Waals surface area (Å²) in [6.07, 6.45) is -25.8. The van der Waals surface area contributed by atoms with E-state index < -0.39 is 159 Å². The van der Waals surface area contributed by atoms with E-state index >= 15 is 0 Å². The molecular weight excluding hydrogens is 1020 g/mol. The molecule has 0 amide bonds. The van der Waals surface area contributed by atoms with Gasteiger partial charge in [0.1, 0.15) is 85.5 Å². The second-order valence-corrected chi connectivity index (χ2v) is 26.4. The molecule has 14 N–H and O–H groups in total. The van der Waals surface area contributed by atoms with Crippen molar-refractivity contribution in [1.29, 1.82) is 0 Å². The third-order valence-electron chi connectivity index (χ3n) is 21.7. The van der Waals surface area contributed by atoms with Gasteiger partial charge in [0, 0.05) is 5.41 Å². The Balaban J connectivity index is 0.959. The van der Waals surface area contributed by atoms with Crippen LogP contribution in [0.1, 0.15) is 113 Å². The fourth-order valence-electron chi connectivity index (χ4n) is 16.5. The smallest absolute Gasteiger partial charge is 0.335 e. The normalized spacial score (nSPS) is 55.7. The van der Waals surface area contributed by atoms with Gasteiger partial charge in [-0.05, 0) is 110 Å². The molecule has 0 aromatic heterocycles. The third-order valence-corrected chi connectivity index (χ3v) is 21.7. The topological polar surface area (TPSA) is 374 Å². The van der Waals surface area contributed by atoms with Gasteiger partial charge in [-0.25, -0.2) is 4.79 Å². The average Bonchev–Trinajstić information content (AvgIpc) is 3.57. The summed E-state index contributed by atoms with van der Waals surface area (Å²) in [5.74, 6) is -1.40. The van der Waals surface area contributed by atoms with Crippen LogP contribution in [0.4, 0.5) is 0 Å². The molecule has 8 fully saturated rings. The highest BCUT2D eigenvalue weighted by Crippen LogP contribution is 2.76. The van der Waals surface area contributed by atoms with Crippen LogP contribution in [0, 0.1) is 50.2 Å². The highest BCUT2D eigenvalue weighted by atomic mass is 16.8. The molecule has 0 bridgehead atoms. The van der Waals surface area contributed by atoms with Gasteiger partial charge in [0.15, 0.2) is 31.3 Å². The average molecular weight is 1110 g/mol. The van der Waals surface area contributed by atoms with Gasteiger partial charge in [0.05, 0.1) is 38.1 Å². The predicted octanol–water partition coefficient (Wildman–Crippen LogP) is -1.47. The minimum atomic E-state index is -2.10. The quantitative estimate of drug-likeness (QED) is 0.0783. The second kappa shape index (κ2) is 21.5. The van der Waals surface area contributed by atoms with E-state index in [0.29, 0.717) is 25.7 Å². The summed E-state index contributed by atoms with van der Waals surface area (Å²) < 4.78 is 48.7. The van der Waals surface area contributed by atoms with Crippen LogP contribution in [0.2, 0.25) is 0 Å². The first-order valence-corrected chi connectivity index (χ1v) is 27.8. The zero-order valence-electron chi connectivity index (χ0n) is 45.4. The number of carboxylic acids is 1. The number of aliphatic carboxylic acids is 1. The number of rotatable bonds is 12. The standard InChI is InChI=1S/C54H88O23/c1-22-31(58)34(61)39(66)45(70-22)76-42-36(63)33(60)26(20-56)72-47(42)77-43-38(65)37(64)41(44(68)69)75-48(43)73-29-12-13-51(5)27(52(29,6)21-57)11-14-54(8)28(51)10-9-23-24-17-49(2,3)30(18-50(24,4)15-16-53(23,54)7)74-46-40(67)35(62)32(59)25(19-55)71-46/h9,22,24-43,45-48,55-67H,10-21H2,1-8H3,(H,68,69)/t22-,24-,25+,26+,27?,28+,29-,30+,31-,32+,33-,34+,35-,36-,37-,38-,39+,40+,41-,42+,43+,45-,46-,47-,48+,50-,51-,52+,53+,54+/m0/s1. The molecule has 9 rings (SSSR count). The number of aliphatic hydroxyl groups excluding tert-OH is 13. The molecule has 0 aromatic carbocycles. The monoisotopic (exact) mass is 1100 g/mol. The van der Waals surface area contributed by atoms with Gasteiger partial charge in [-0.2, -0.15) is 0 Å². The summed E-state index contributed by atoms with van der Waals surface area (Å²) in [7, 11) is 0. The lowest BCUT2D eigenvalue weighted by atomic mass is 9.33. The van der Waals surface area contributed by atoms with Crippen LogP contribution in [-0.4, -0.2) is 232 Å². The fraction of sp³-hybridized carbons (Fsp3) is 0.944. The number of ether oxygens (including phenoxy) is 8. The Hall–Kier alpha value is -1.63. The molecule has 1 unspecified atom stereocenters. The molecule has 4 saturated carbocycles. The fourth-order valence-corrected chi connectivity index (χ4v) is 16.5. The van der Waals surface area contributed by atoms with Crippen molar-refractivity contribution in [1.82, 2.24) is 0 Å². The molecule has 4 heterocycles. The number of hydrogen-bond acceptors (Lipinski definition) is 22. The third kappa shape index (κ3) is 9.70. The Bertz CT molecular complexity index is 2130. The first-order chi connectivity index (χ1) is 36.0. The van der Waals surface area contributed by atoms with Crippen LogP contribution >= 0.6 is 0 Å². The summed E-state index contributed by atoms with van der Waals surface area (Å²) in [5, 5.41) is 151. The van der Waals surface area contributed by atoms with E-state index in [-0.39, 0.29) is 52.1 Å². The van der Waals surface area contributed by atoms with E-state index in [1.807, 2.05) is 6.92 Å². The molecule has 0 spiro atoms. The van der Waals surface area contributed by atoms with Gasteiger partial charge in [-0.3, -0.25) is 0 Å². The summed E-state index contributed by atoms with van der Waals surface area (Å²) in [6.45, 7) is 15.4. The van der Waals surface area contributed by atoms with E-state index in [0.717, 1.165) is 32.1 Å². The molecule has 442 valence electrons. The van der Waals surface area contributed by atoms with E-state index in [4.69, 9.17) is 37.9 Å². The van der Waals surface area contributed by atoms with Crippen molar-refractivity contribution in [3.63, 3.8) is 0 Å². The molecule has 0 radical (unpaired) electrons. The van der Waals surface area contributed by atoms with Crippen molar-refractivity contribution in [2.24, 2.45) is 50.2 Å². The maximum Gasteiger partial charge on any atom is 0.335 e. The predicted molar refractivity (Wildman–Crippen MR) is 263 cm³/mol. The molecule has 0 aromatic rings.